The first kappa shape index (κ1) is 22.6. The zero-order valence-corrected chi connectivity index (χ0v) is 17.9. The van der Waals surface area contributed by atoms with Gasteiger partial charge in [-0.3, -0.25) is 4.79 Å². The van der Waals surface area contributed by atoms with E-state index >= 15 is 0 Å². The van der Waals surface area contributed by atoms with Crippen molar-refractivity contribution >= 4 is 35.2 Å². The van der Waals surface area contributed by atoms with Crippen LogP contribution in [0.15, 0.2) is 78.4 Å². The van der Waals surface area contributed by atoms with Crippen LogP contribution in [0.4, 0.5) is 5.69 Å². The van der Waals surface area contributed by atoms with Crippen molar-refractivity contribution in [1.82, 2.24) is 0 Å². The molecule has 3 aromatic carbocycles. The monoisotopic (exact) mass is 446 g/mol. The maximum Gasteiger partial charge on any atom is 0.337 e. The van der Waals surface area contributed by atoms with E-state index < -0.39 is 11.9 Å². The number of hydrogen-bond acceptors (Lipinski definition) is 5. The summed E-state index contributed by atoms with van der Waals surface area (Å²) in [6.07, 6.45) is 1.47. The van der Waals surface area contributed by atoms with Gasteiger partial charge in [0.15, 0.2) is 0 Å². The van der Waals surface area contributed by atoms with Crippen LogP contribution in [0, 0.1) is 11.3 Å². The van der Waals surface area contributed by atoms with Crippen molar-refractivity contribution in [3.8, 4) is 11.8 Å². The van der Waals surface area contributed by atoms with E-state index in [9.17, 15) is 14.9 Å². The Morgan fingerprint density at radius 3 is 2.38 bits per heavy atom. The molecule has 0 saturated carbocycles. The van der Waals surface area contributed by atoms with E-state index in [4.69, 9.17) is 16.3 Å². The van der Waals surface area contributed by atoms with Crippen molar-refractivity contribution in [1.29, 1.82) is 5.26 Å². The van der Waals surface area contributed by atoms with Crippen molar-refractivity contribution in [3.05, 3.63) is 100 Å². The number of ether oxygens (including phenoxy) is 2. The Hall–Kier alpha value is -4.08. The summed E-state index contributed by atoms with van der Waals surface area (Å²) < 4.78 is 10.6. The van der Waals surface area contributed by atoms with Crippen molar-refractivity contribution in [2.24, 2.45) is 0 Å². The molecule has 0 aliphatic rings. The summed E-state index contributed by atoms with van der Waals surface area (Å²) in [5.74, 6) is -0.437. The Morgan fingerprint density at radius 1 is 1.03 bits per heavy atom. The molecule has 0 aliphatic carbocycles. The number of anilines is 1. The quantitative estimate of drug-likeness (QED) is 0.304. The normalized spacial score (nSPS) is 10.7. The zero-order chi connectivity index (χ0) is 22.9. The highest BCUT2D eigenvalue weighted by atomic mass is 35.5. The van der Waals surface area contributed by atoms with E-state index in [-0.39, 0.29) is 12.2 Å². The third-order valence-electron chi connectivity index (χ3n) is 4.46. The van der Waals surface area contributed by atoms with Gasteiger partial charge in [0.1, 0.15) is 24.0 Å². The molecule has 0 heterocycles. The van der Waals surface area contributed by atoms with Gasteiger partial charge in [-0.1, -0.05) is 41.9 Å². The Balaban J connectivity index is 1.73. The minimum absolute atomic E-state index is 0.0709. The molecule has 0 spiro atoms. The summed E-state index contributed by atoms with van der Waals surface area (Å²) in [6.45, 7) is 0.241. The lowest BCUT2D eigenvalue weighted by atomic mass is 10.1. The van der Waals surface area contributed by atoms with Gasteiger partial charge < -0.3 is 14.8 Å². The van der Waals surface area contributed by atoms with Crippen LogP contribution in [-0.2, 0) is 16.1 Å². The summed E-state index contributed by atoms with van der Waals surface area (Å²) in [4.78, 5) is 24.1. The second-order valence-electron chi connectivity index (χ2n) is 6.65. The number of esters is 1. The highest BCUT2D eigenvalue weighted by Gasteiger charge is 2.12. The second kappa shape index (κ2) is 10.8. The average molecular weight is 447 g/mol. The molecule has 3 rings (SSSR count). The highest BCUT2D eigenvalue weighted by molar-refractivity contribution is 6.30. The Bertz CT molecular complexity index is 1180. The fourth-order valence-electron chi connectivity index (χ4n) is 2.78. The van der Waals surface area contributed by atoms with Crippen LogP contribution in [-0.4, -0.2) is 19.0 Å². The molecule has 6 nitrogen and oxygen atoms in total. The van der Waals surface area contributed by atoms with Crippen LogP contribution in [0.5, 0.6) is 5.75 Å². The van der Waals surface area contributed by atoms with Gasteiger partial charge in [0, 0.05) is 16.3 Å². The van der Waals surface area contributed by atoms with E-state index in [1.54, 1.807) is 72.8 Å². The van der Waals surface area contributed by atoms with E-state index in [1.165, 1.54) is 13.2 Å². The summed E-state index contributed by atoms with van der Waals surface area (Å²) in [5, 5.41) is 12.7. The van der Waals surface area contributed by atoms with Gasteiger partial charge in [-0.25, -0.2) is 4.79 Å². The maximum absolute atomic E-state index is 12.5. The molecule has 0 aliphatic heterocycles. The third-order valence-corrected chi connectivity index (χ3v) is 4.71. The molecule has 0 aromatic heterocycles. The van der Waals surface area contributed by atoms with Gasteiger partial charge in [-0.05, 0) is 54.1 Å². The number of nitriles is 1. The molecule has 3 aromatic rings. The molecule has 0 radical (unpaired) electrons. The lowest BCUT2D eigenvalue weighted by Crippen LogP contribution is -2.13. The number of rotatable bonds is 7. The third kappa shape index (κ3) is 5.97. The van der Waals surface area contributed by atoms with Gasteiger partial charge in [-0.2, -0.15) is 5.26 Å². The van der Waals surface area contributed by atoms with E-state index in [2.05, 4.69) is 10.1 Å². The fraction of sp³-hybridized carbons (Fsp3) is 0.0800. The van der Waals surface area contributed by atoms with Crippen molar-refractivity contribution < 1.29 is 19.1 Å². The summed E-state index contributed by atoms with van der Waals surface area (Å²) in [6, 6.07) is 22.5. The standard InChI is InChI=1S/C25H19ClN2O4/c1-31-25(30)18-8-6-17(7-9-18)16-32-23-5-3-2-4-19(23)14-20(15-27)24(29)28-22-12-10-21(26)11-13-22/h2-14H,16H2,1H3,(H,28,29). The zero-order valence-electron chi connectivity index (χ0n) is 17.2. The lowest BCUT2D eigenvalue weighted by molar-refractivity contribution is -0.112. The summed E-state index contributed by atoms with van der Waals surface area (Å²) in [7, 11) is 1.33. The van der Waals surface area contributed by atoms with Gasteiger partial charge in [0.05, 0.1) is 12.7 Å². The highest BCUT2D eigenvalue weighted by Crippen LogP contribution is 2.23. The number of nitrogens with one attached hydrogen (secondary N) is 1. The maximum atomic E-state index is 12.5. The fourth-order valence-corrected chi connectivity index (χ4v) is 2.91. The summed E-state index contributed by atoms with van der Waals surface area (Å²) >= 11 is 5.85. The number of hydrogen-bond donors (Lipinski definition) is 1. The smallest absolute Gasteiger partial charge is 0.337 e. The van der Waals surface area contributed by atoms with Crippen LogP contribution in [0.1, 0.15) is 21.5 Å². The molecule has 32 heavy (non-hydrogen) atoms. The first-order valence-corrected chi connectivity index (χ1v) is 9.95. The number of halogens is 1. The molecular weight excluding hydrogens is 428 g/mol. The number of nitrogens with zero attached hydrogens (tertiary/aromatic N) is 1. The predicted molar refractivity (Wildman–Crippen MR) is 122 cm³/mol. The second-order valence-corrected chi connectivity index (χ2v) is 7.08. The molecule has 0 fully saturated rings. The van der Waals surface area contributed by atoms with Crippen LogP contribution in [0.3, 0.4) is 0 Å². The van der Waals surface area contributed by atoms with E-state index in [1.807, 2.05) is 6.07 Å². The average Bonchev–Trinajstić information content (AvgIpc) is 2.83. The van der Waals surface area contributed by atoms with Crippen molar-refractivity contribution in [3.63, 3.8) is 0 Å². The molecule has 0 bridgehead atoms. The van der Waals surface area contributed by atoms with Gasteiger partial charge in [0.25, 0.3) is 5.91 Å². The summed E-state index contributed by atoms with van der Waals surface area (Å²) in [5.41, 5.74) is 2.34. The van der Waals surface area contributed by atoms with Crippen LogP contribution < -0.4 is 10.1 Å². The molecule has 7 heteroatoms. The minimum atomic E-state index is -0.539. The Kier molecular flexibility index (Phi) is 7.63. The number of amides is 1. The first-order chi connectivity index (χ1) is 15.5. The lowest BCUT2D eigenvalue weighted by Gasteiger charge is -2.10. The molecule has 0 unspecified atom stereocenters. The number of carbonyl (C=O) groups excluding carboxylic acids is 2. The number of para-hydroxylation sites is 1. The van der Waals surface area contributed by atoms with Crippen LogP contribution in [0.2, 0.25) is 5.02 Å². The minimum Gasteiger partial charge on any atom is -0.488 e. The largest absolute Gasteiger partial charge is 0.488 e. The van der Waals surface area contributed by atoms with Crippen LogP contribution in [0.25, 0.3) is 6.08 Å². The molecule has 0 saturated heterocycles. The first-order valence-electron chi connectivity index (χ1n) is 9.58. The van der Waals surface area contributed by atoms with E-state index in [0.717, 1.165) is 5.56 Å². The molecule has 0 atom stereocenters. The Labute approximate surface area is 190 Å². The predicted octanol–water partition coefficient (Wildman–Crippen LogP) is 5.25. The number of carbonyl (C=O) groups is 2. The van der Waals surface area contributed by atoms with Gasteiger partial charge in [0.2, 0.25) is 0 Å². The topological polar surface area (TPSA) is 88.4 Å². The molecule has 1 amide bonds. The Morgan fingerprint density at radius 2 is 1.72 bits per heavy atom. The van der Waals surface area contributed by atoms with E-state index in [0.29, 0.717) is 27.6 Å². The number of benzene rings is 3. The molecular formula is C25H19ClN2O4. The number of methoxy groups -OCH3 is 1. The van der Waals surface area contributed by atoms with Crippen LogP contribution >= 0.6 is 11.6 Å². The molecule has 160 valence electrons. The molecule has 1 N–H and O–H groups in total. The van der Waals surface area contributed by atoms with Gasteiger partial charge >= 0.3 is 5.97 Å². The van der Waals surface area contributed by atoms with Gasteiger partial charge in [-0.15, -0.1) is 0 Å². The SMILES string of the molecule is COC(=O)c1ccc(COc2ccccc2C=C(C#N)C(=O)Nc2ccc(Cl)cc2)cc1. The van der Waals surface area contributed by atoms with Crippen molar-refractivity contribution in [2.45, 2.75) is 6.61 Å². The van der Waals surface area contributed by atoms with Crippen molar-refractivity contribution in [2.75, 3.05) is 12.4 Å².